The first-order chi connectivity index (χ1) is 3.50. The lowest BCUT2D eigenvalue weighted by molar-refractivity contribution is -0.561. The van der Waals surface area contributed by atoms with Gasteiger partial charge in [-0.25, -0.2) is 4.39 Å². The summed E-state index contributed by atoms with van der Waals surface area (Å²) in [6.45, 7) is 1.57. The van der Waals surface area contributed by atoms with Gasteiger partial charge in [0, 0.05) is 18.8 Å². The summed E-state index contributed by atoms with van der Waals surface area (Å²) in [5.41, 5.74) is -1.40. The highest BCUT2D eigenvalue weighted by molar-refractivity contribution is 4.62. The van der Waals surface area contributed by atoms with E-state index in [1.807, 2.05) is 0 Å². The van der Waals surface area contributed by atoms with Gasteiger partial charge in [0.25, 0.3) is 0 Å². The van der Waals surface area contributed by atoms with Crippen LogP contribution in [0, 0.1) is 10.1 Å². The molecule has 0 aliphatic heterocycles. The Labute approximate surface area is 46.7 Å². The first-order valence-corrected chi connectivity index (χ1v) is 2.21. The van der Waals surface area contributed by atoms with Gasteiger partial charge in [-0.3, -0.25) is 10.1 Å². The average molecular weight is 121 g/mol. The fraction of sp³-hybridized carbons (Fsp3) is 1.00. The number of halogens is 1. The quantitative estimate of drug-likeness (QED) is 0.404. The average Bonchev–Trinajstić information content (AvgIpc) is 1.67. The van der Waals surface area contributed by atoms with Crippen LogP contribution in [-0.2, 0) is 0 Å². The van der Waals surface area contributed by atoms with Crippen LogP contribution in [0.2, 0.25) is 0 Å². The van der Waals surface area contributed by atoms with Crippen molar-refractivity contribution in [2.45, 2.75) is 19.4 Å². The van der Waals surface area contributed by atoms with Gasteiger partial charge in [0.1, 0.15) is 0 Å². The molecule has 0 aromatic heterocycles. The van der Waals surface area contributed by atoms with E-state index < -0.39 is 17.1 Å². The Bertz CT molecular complexity index is 102. The Balaban J connectivity index is 3.91. The molecule has 0 amide bonds. The Morgan fingerprint density at radius 1 is 1.75 bits per heavy atom. The fourth-order valence-electron chi connectivity index (χ4n) is 0.0488. The van der Waals surface area contributed by atoms with Gasteiger partial charge in [-0.15, -0.1) is 0 Å². The van der Waals surface area contributed by atoms with Crippen LogP contribution in [0.1, 0.15) is 13.8 Å². The second-order valence-corrected chi connectivity index (χ2v) is 2.20. The number of nitrogens with zero attached hydrogens (tertiary/aromatic N) is 1. The summed E-state index contributed by atoms with van der Waals surface area (Å²) in [6, 6.07) is 0. The van der Waals surface area contributed by atoms with Gasteiger partial charge in [0.15, 0.2) is 6.67 Å². The smallest absolute Gasteiger partial charge is 0.244 e. The molecular weight excluding hydrogens is 113 g/mol. The number of rotatable bonds is 2. The predicted octanol–water partition coefficient (Wildman–Crippen LogP) is 1.01. The topological polar surface area (TPSA) is 43.1 Å². The Hall–Kier alpha value is -0.670. The molecule has 8 heavy (non-hydrogen) atoms. The van der Waals surface area contributed by atoms with Crippen molar-refractivity contribution in [3.8, 4) is 0 Å². The highest BCUT2D eigenvalue weighted by Crippen LogP contribution is 2.06. The van der Waals surface area contributed by atoms with E-state index in [1.165, 1.54) is 13.8 Å². The summed E-state index contributed by atoms with van der Waals surface area (Å²) in [7, 11) is 0. The van der Waals surface area contributed by atoms with Crippen LogP contribution in [0.3, 0.4) is 0 Å². The highest BCUT2D eigenvalue weighted by Gasteiger charge is 2.29. The molecule has 0 aromatic rings. The lowest BCUT2D eigenvalue weighted by atomic mass is 10.1. The van der Waals surface area contributed by atoms with E-state index in [2.05, 4.69) is 0 Å². The summed E-state index contributed by atoms with van der Waals surface area (Å²) in [4.78, 5) is 9.19. The number of nitro groups is 1. The minimum Gasteiger partial charge on any atom is -0.264 e. The summed E-state index contributed by atoms with van der Waals surface area (Å²) in [6.07, 6.45) is 0. The third-order valence-electron chi connectivity index (χ3n) is 0.821. The first kappa shape index (κ1) is 7.33. The zero-order valence-corrected chi connectivity index (χ0v) is 4.85. The van der Waals surface area contributed by atoms with Crippen LogP contribution in [0.4, 0.5) is 4.39 Å². The third kappa shape index (κ3) is 1.44. The normalized spacial score (nSPS) is 11.4. The number of hydrogen-bond acceptors (Lipinski definition) is 2. The van der Waals surface area contributed by atoms with Crippen molar-refractivity contribution in [1.29, 1.82) is 0 Å². The van der Waals surface area contributed by atoms with E-state index in [0.717, 1.165) is 0 Å². The molecule has 3 nitrogen and oxygen atoms in total. The van der Waals surface area contributed by atoms with Gasteiger partial charge < -0.3 is 0 Å². The van der Waals surface area contributed by atoms with Crippen molar-refractivity contribution in [3.63, 3.8) is 0 Å². The summed E-state index contributed by atoms with van der Waals surface area (Å²) in [5.74, 6) is 0. The van der Waals surface area contributed by atoms with Crippen molar-refractivity contribution >= 4 is 0 Å². The highest BCUT2D eigenvalue weighted by atomic mass is 19.1. The molecule has 0 rings (SSSR count). The zero-order chi connectivity index (χ0) is 6.78. The second-order valence-electron chi connectivity index (χ2n) is 2.20. The van der Waals surface area contributed by atoms with Crippen LogP contribution < -0.4 is 0 Å². The van der Waals surface area contributed by atoms with Crippen molar-refractivity contribution in [1.82, 2.24) is 0 Å². The summed E-state index contributed by atoms with van der Waals surface area (Å²) >= 11 is 0. The molecule has 0 radical (unpaired) electrons. The largest absolute Gasteiger partial charge is 0.264 e. The standard InChI is InChI=1S/C4H8FNO2/c1-4(2,3-5)6(7)8/h3H2,1-2H3. The Morgan fingerprint density at radius 2 is 2.12 bits per heavy atom. The van der Waals surface area contributed by atoms with Crippen molar-refractivity contribution in [2.24, 2.45) is 0 Å². The SMILES string of the molecule is CC(C)(CF)[N+](=O)[O-]. The van der Waals surface area contributed by atoms with Crippen molar-refractivity contribution in [3.05, 3.63) is 10.1 Å². The molecule has 0 fully saturated rings. The monoisotopic (exact) mass is 121 g/mol. The third-order valence-corrected chi connectivity index (χ3v) is 0.821. The molecule has 0 heterocycles. The number of alkyl halides is 1. The molecule has 0 unspecified atom stereocenters. The minimum atomic E-state index is -1.40. The van der Waals surface area contributed by atoms with E-state index in [-0.39, 0.29) is 0 Å². The molecular formula is C4H8FNO2. The maximum atomic E-state index is 11.6. The summed E-state index contributed by atoms with van der Waals surface area (Å²) < 4.78 is 11.6. The zero-order valence-electron chi connectivity index (χ0n) is 4.85. The van der Waals surface area contributed by atoms with Crippen LogP contribution in [0.25, 0.3) is 0 Å². The van der Waals surface area contributed by atoms with Gasteiger partial charge in [0.05, 0.1) is 0 Å². The fourth-order valence-corrected chi connectivity index (χ4v) is 0.0488. The van der Waals surface area contributed by atoms with Gasteiger partial charge in [-0.1, -0.05) is 0 Å². The van der Waals surface area contributed by atoms with Crippen molar-refractivity contribution < 1.29 is 9.31 Å². The lowest BCUT2D eigenvalue weighted by Crippen LogP contribution is -2.32. The van der Waals surface area contributed by atoms with Crippen LogP contribution in [-0.4, -0.2) is 17.1 Å². The molecule has 0 aliphatic carbocycles. The van der Waals surface area contributed by atoms with Gasteiger partial charge >= 0.3 is 0 Å². The maximum absolute atomic E-state index is 11.6. The van der Waals surface area contributed by atoms with Crippen LogP contribution in [0.15, 0.2) is 0 Å². The van der Waals surface area contributed by atoms with Crippen molar-refractivity contribution in [2.75, 3.05) is 6.67 Å². The van der Waals surface area contributed by atoms with E-state index in [4.69, 9.17) is 0 Å². The van der Waals surface area contributed by atoms with E-state index >= 15 is 0 Å². The predicted molar refractivity (Wildman–Crippen MR) is 27.0 cm³/mol. The molecule has 0 spiro atoms. The second kappa shape index (κ2) is 2.07. The molecule has 48 valence electrons. The van der Waals surface area contributed by atoms with E-state index in [0.29, 0.717) is 0 Å². The lowest BCUT2D eigenvalue weighted by Gasteiger charge is -2.08. The molecule has 0 aliphatic rings. The number of hydrogen-bond donors (Lipinski definition) is 0. The van der Waals surface area contributed by atoms with E-state index in [9.17, 15) is 14.5 Å². The summed E-state index contributed by atoms with van der Waals surface area (Å²) in [5, 5.41) is 9.82. The van der Waals surface area contributed by atoms with Gasteiger partial charge in [0.2, 0.25) is 5.54 Å². The van der Waals surface area contributed by atoms with Gasteiger partial charge in [-0.05, 0) is 0 Å². The molecule has 0 aromatic carbocycles. The Kier molecular flexibility index (Phi) is 1.89. The molecule has 0 N–H and O–H groups in total. The minimum absolute atomic E-state index is 0.632. The van der Waals surface area contributed by atoms with Crippen LogP contribution in [0.5, 0.6) is 0 Å². The van der Waals surface area contributed by atoms with Gasteiger partial charge in [-0.2, -0.15) is 0 Å². The maximum Gasteiger partial charge on any atom is 0.244 e. The van der Waals surface area contributed by atoms with Crippen LogP contribution >= 0.6 is 0 Å². The van der Waals surface area contributed by atoms with E-state index in [1.54, 1.807) is 0 Å². The molecule has 4 heteroatoms. The molecule has 0 saturated heterocycles. The Morgan fingerprint density at radius 3 is 2.12 bits per heavy atom. The first-order valence-electron chi connectivity index (χ1n) is 2.21. The molecule has 0 atom stereocenters. The molecule has 0 saturated carbocycles. The molecule has 0 bridgehead atoms.